The topological polar surface area (TPSA) is 95.1 Å². The van der Waals surface area contributed by atoms with Gasteiger partial charge in [-0.3, -0.25) is 9.10 Å². The minimum absolute atomic E-state index is 0.0800. The van der Waals surface area contributed by atoms with Gasteiger partial charge in [-0.2, -0.15) is 4.31 Å². The average molecular weight is 402 g/mol. The molecule has 1 aromatic carbocycles. The van der Waals surface area contributed by atoms with Crippen molar-refractivity contribution in [3.63, 3.8) is 0 Å². The molecule has 26 heavy (non-hydrogen) atoms. The average Bonchev–Trinajstić information content (AvgIpc) is 2.62. The van der Waals surface area contributed by atoms with Crippen molar-refractivity contribution in [3.8, 4) is 0 Å². The van der Waals surface area contributed by atoms with Crippen molar-refractivity contribution in [1.82, 2.24) is 9.21 Å². The Hall–Kier alpha value is -1.65. The molecule has 3 rings (SSSR count). The molecule has 2 saturated heterocycles. The van der Waals surface area contributed by atoms with E-state index in [9.17, 15) is 21.6 Å². The molecule has 0 bridgehead atoms. The van der Waals surface area contributed by atoms with E-state index in [0.29, 0.717) is 37.3 Å². The van der Waals surface area contributed by atoms with E-state index < -0.39 is 20.0 Å². The number of sulfonamides is 2. The first-order valence-corrected chi connectivity index (χ1v) is 11.6. The molecule has 0 spiro atoms. The molecule has 0 unspecified atom stereocenters. The summed E-state index contributed by atoms with van der Waals surface area (Å²) in [5.74, 6) is 0.0800. The second kappa shape index (κ2) is 7.16. The maximum Gasteiger partial charge on any atom is 0.243 e. The Morgan fingerprint density at radius 3 is 2.35 bits per heavy atom. The van der Waals surface area contributed by atoms with Crippen LogP contribution in [0.5, 0.6) is 0 Å². The third-order valence-electron chi connectivity index (χ3n) is 4.85. The summed E-state index contributed by atoms with van der Waals surface area (Å²) in [6.45, 7) is 3.22. The van der Waals surface area contributed by atoms with Gasteiger partial charge in [0.15, 0.2) is 0 Å². The predicted molar refractivity (Wildman–Crippen MR) is 97.9 cm³/mol. The first-order valence-electron chi connectivity index (χ1n) is 8.56. The zero-order chi connectivity index (χ0) is 18.9. The van der Waals surface area contributed by atoms with E-state index in [-0.39, 0.29) is 23.7 Å². The number of amides is 1. The van der Waals surface area contributed by atoms with Crippen LogP contribution in [0, 0.1) is 6.92 Å². The van der Waals surface area contributed by atoms with E-state index in [0.717, 1.165) is 12.8 Å². The molecule has 10 heteroatoms. The van der Waals surface area contributed by atoms with Crippen LogP contribution in [0.2, 0.25) is 0 Å². The third kappa shape index (κ3) is 3.58. The molecule has 2 aliphatic rings. The van der Waals surface area contributed by atoms with Crippen molar-refractivity contribution in [2.45, 2.75) is 24.7 Å². The van der Waals surface area contributed by atoms with Crippen molar-refractivity contribution in [3.05, 3.63) is 23.8 Å². The molecule has 0 radical (unpaired) electrons. The largest absolute Gasteiger partial charge is 0.343 e. The van der Waals surface area contributed by atoms with Crippen LogP contribution < -0.4 is 4.31 Å². The van der Waals surface area contributed by atoms with Crippen LogP contribution in [0.1, 0.15) is 18.4 Å². The number of benzene rings is 1. The second-order valence-electron chi connectivity index (χ2n) is 6.59. The van der Waals surface area contributed by atoms with Crippen LogP contribution in [0.3, 0.4) is 0 Å². The van der Waals surface area contributed by atoms with Gasteiger partial charge in [0.2, 0.25) is 26.5 Å². The van der Waals surface area contributed by atoms with Gasteiger partial charge in [0.25, 0.3) is 0 Å². The molecule has 8 nitrogen and oxygen atoms in total. The number of carbonyl (C=O) groups is 1. The first-order chi connectivity index (χ1) is 12.3. The summed E-state index contributed by atoms with van der Waals surface area (Å²) in [6.07, 6.45) is 2.09. The normalized spacial score (nSPS) is 21.6. The van der Waals surface area contributed by atoms with Crippen molar-refractivity contribution in [2.24, 2.45) is 0 Å². The van der Waals surface area contributed by atoms with Crippen LogP contribution in [-0.2, 0) is 24.8 Å². The zero-order valence-corrected chi connectivity index (χ0v) is 16.3. The maximum atomic E-state index is 13.1. The number of nitrogens with zero attached hydrogens (tertiary/aromatic N) is 3. The summed E-state index contributed by atoms with van der Waals surface area (Å²) in [6, 6.07) is 4.76. The Kier molecular flexibility index (Phi) is 5.27. The first kappa shape index (κ1) is 19.1. The molecule has 144 valence electrons. The standard InChI is InChI=1S/C16H23N3O5S2/c1-14-4-5-15(19-6-2-3-11-25(19,21)22)12-16(14)26(23,24)18-9-7-17(13-20)8-10-18/h4-5,12-13H,2-3,6-11H2,1H3. The molecule has 1 amide bonds. The molecule has 2 aliphatic heterocycles. The Labute approximate surface area is 154 Å². The molecule has 0 N–H and O–H groups in total. The van der Waals surface area contributed by atoms with Gasteiger partial charge in [0, 0.05) is 32.7 Å². The molecule has 1 aromatic rings. The lowest BCUT2D eigenvalue weighted by molar-refractivity contribution is -0.119. The number of rotatable bonds is 4. The lowest BCUT2D eigenvalue weighted by Gasteiger charge is -2.33. The van der Waals surface area contributed by atoms with Crippen LogP contribution in [0.15, 0.2) is 23.1 Å². The lowest BCUT2D eigenvalue weighted by atomic mass is 10.2. The Balaban J connectivity index is 1.94. The Bertz CT molecular complexity index is 890. The lowest BCUT2D eigenvalue weighted by Crippen LogP contribution is -2.48. The van der Waals surface area contributed by atoms with Crippen molar-refractivity contribution < 1.29 is 21.6 Å². The minimum Gasteiger partial charge on any atom is -0.343 e. The van der Waals surface area contributed by atoms with Gasteiger partial charge in [-0.15, -0.1) is 0 Å². The molecule has 0 atom stereocenters. The summed E-state index contributed by atoms with van der Waals surface area (Å²) in [4.78, 5) is 12.5. The molecule has 0 aliphatic carbocycles. The van der Waals surface area contributed by atoms with E-state index in [1.165, 1.54) is 19.6 Å². The van der Waals surface area contributed by atoms with Gasteiger partial charge in [-0.1, -0.05) is 6.07 Å². The predicted octanol–water partition coefficient (Wildman–Crippen LogP) is 0.388. The smallest absolute Gasteiger partial charge is 0.243 e. The van der Waals surface area contributed by atoms with Crippen LogP contribution in [0.4, 0.5) is 5.69 Å². The highest BCUT2D eigenvalue weighted by molar-refractivity contribution is 7.92. The van der Waals surface area contributed by atoms with Gasteiger partial charge in [0.1, 0.15) is 0 Å². The monoisotopic (exact) mass is 401 g/mol. The second-order valence-corrected chi connectivity index (χ2v) is 10.5. The van der Waals surface area contributed by atoms with Crippen LogP contribution >= 0.6 is 0 Å². The fraction of sp³-hybridized carbons (Fsp3) is 0.562. The Morgan fingerprint density at radius 1 is 1.04 bits per heavy atom. The van der Waals surface area contributed by atoms with E-state index >= 15 is 0 Å². The minimum atomic E-state index is -3.75. The molecular formula is C16H23N3O5S2. The highest BCUT2D eigenvalue weighted by atomic mass is 32.2. The van der Waals surface area contributed by atoms with Gasteiger partial charge in [-0.05, 0) is 37.5 Å². The maximum absolute atomic E-state index is 13.1. The van der Waals surface area contributed by atoms with Crippen molar-refractivity contribution >= 4 is 32.1 Å². The highest BCUT2D eigenvalue weighted by Gasteiger charge is 2.31. The summed E-state index contributed by atoms with van der Waals surface area (Å²) < 4.78 is 53.4. The van der Waals surface area contributed by atoms with Gasteiger partial charge in [-0.25, -0.2) is 16.8 Å². The van der Waals surface area contributed by atoms with E-state index in [1.807, 2.05) is 0 Å². The van der Waals surface area contributed by atoms with E-state index in [4.69, 9.17) is 0 Å². The summed E-state index contributed by atoms with van der Waals surface area (Å²) >= 11 is 0. The molecular weight excluding hydrogens is 378 g/mol. The van der Waals surface area contributed by atoms with Gasteiger partial charge >= 0.3 is 0 Å². The van der Waals surface area contributed by atoms with Crippen LogP contribution in [-0.4, -0.2) is 70.9 Å². The Morgan fingerprint density at radius 2 is 1.73 bits per heavy atom. The molecule has 2 heterocycles. The fourth-order valence-electron chi connectivity index (χ4n) is 3.29. The molecule has 2 fully saturated rings. The quantitative estimate of drug-likeness (QED) is 0.680. The van der Waals surface area contributed by atoms with Gasteiger partial charge in [0.05, 0.1) is 16.3 Å². The van der Waals surface area contributed by atoms with Crippen LogP contribution in [0.25, 0.3) is 0 Å². The third-order valence-corrected chi connectivity index (χ3v) is 8.76. The van der Waals surface area contributed by atoms with Crippen molar-refractivity contribution in [1.29, 1.82) is 0 Å². The zero-order valence-electron chi connectivity index (χ0n) is 14.7. The summed E-state index contributed by atoms with van der Waals surface area (Å²) in [7, 11) is -7.16. The number of piperazine rings is 1. The summed E-state index contributed by atoms with van der Waals surface area (Å²) in [5, 5.41) is 0. The molecule has 0 saturated carbocycles. The number of hydrogen-bond donors (Lipinski definition) is 0. The number of carbonyl (C=O) groups excluding carboxylic acids is 1. The number of aryl methyl sites for hydroxylation is 1. The van der Waals surface area contributed by atoms with Gasteiger partial charge < -0.3 is 4.90 Å². The summed E-state index contributed by atoms with van der Waals surface area (Å²) in [5.41, 5.74) is 0.960. The number of hydrogen-bond acceptors (Lipinski definition) is 5. The highest BCUT2D eigenvalue weighted by Crippen LogP contribution is 2.29. The van der Waals surface area contributed by atoms with Crippen molar-refractivity contribution in [2.75, 3.05) is 42.8 Å². The van der Waals surface area contributed by atoms with E-state index in [1.54, 1.807) is 19.1 Å². The number of anilines is 1. The molecule has 0 aromatic heterocycles. The SMILES string of the molecule is Cc1ccc(N2CCCCS2(=O)=O)cc1S(=O)(=O)N1CCN(C=O)CC1. The van der Waals surface area contributed by atoms with E-state index in [2.05, 4.69) is 0 Å². The fourth-order valence-corrected chi connectivity index (χ4v) is 6.59.